The van der Waals surface area contributed by atoms with E-state index in [9.17, 15) is 9.50 Å². The minimum Gasteiger partial charge on any atom is -0.400 e. The van der Waals surface area contributed by atoms with Gasteiger partial charge >= 0.3 is 0 Å². The summed E-state index contributed by atoms with van der Waals surface area (Å²) in [5, 5.41) is 9.18. The van der Waals surface area contributed by atoms with E-state index in [4.69, 9.17) is 19.9 Å². The van der Waals surface area contributed by atoms with Crippen molar-refractivity contribution in [2.45, 2.75) is 44.9 Å². The van der Waals surface area contributed by atoms with Gasteiger partial charge in [0, 0.05) is 5.70 Å². The third-order valence-electron chi connectivity index (χ3n) is 2.68. The van der Waals surface area contributed by atoms with Crippen LogP contribution in [0.3, 0.4) is 0 Å². The van der Waals surface area contributed by atoms with Crippen LogP contribution in [0.15, 0.2) is 16.5 Å². The summed E-state index contributed by atoms with van der Waals surface area (Å²) in [5.41, 5.74) is 5.30. The number of halogens is 1. The lowest BCUT2D eigenvalue weighted by molar-refractivity contribution is -0.233. The Balaban J connectivity index is 2.06. The molecule has 2 aliphatic heterocycles. The van der Waals surface area contributed by atoms with Crippen molar-refractivity contribution in [2.75, 3.05) is 0 Å². The molecule has 0 amide bonds. The molecule has 0 aliphatic carbocycles. The van der Waals surface area contributed by atoms with Crippen LogP contribution in [0.1, 0.15) is 13.8 Å². The van der Waals surface area contributed by atoms with Gasteiger partial charge in [0.1, 0.15) is 12.2 Å². The lowest BCUT2D eigenvalue weighted by atomic mass is 10.1. The van der Waals surface area contributed by atoms with Crippen molar-refractivity contribution in [1.29, 1.82) is 0 Å². The number of rotatable bonds is 2. The second-order valence-electron chi connectivity index (χ2n) is 4.05. The van der Waals surface area contributed by atoms with Crippen LogP contribution in [0.2, 0.25) is 0 Å². The van der Waals surface area contributed by atoms with Gasteiger partial charge < -0.3 is 25.1 Å². The number of ether oxygens (including phenoxy) is 3. The molecule has 0 bridgehead atoms. The maximum Gasteiger partial charge on any atom is 0.270 e. The van der Waals surface area contributed by atoms with E-state index in [0.717, 1.165) is 6.21 Å². The highest BCUT2D eigenvalue weighted by molar-refractivity contribution is 5.76. The lowest BCUT2D eigenvalue weighted by Crippen LogP contribution is -2.27. The molecular weight excluding hydrogens is 231 g/mol. The molecule has 96 valence electrons. The minimum absolute atomic E-state index is 0.0416. The first-order valence-corrected chi connectivity index (χ1v) is 5.28. The number of hydrogen-bond acceptors (Lipinski definition) is 6. The third kappa shape index (κ3) is 2.47. The van der Waals surface area contributed by atoms with Gasteiger partial charge in [-0.2, -0.15) is 0 Å². The van der Waals surface area contributed by atoms with Crippen LogP contribution in [0, 0.1) is 0 Å². The van der Waals surface area contributed by atoms with E-state index < -0.39 is 30.7 Å². The second kappa shape index (κ2) is 4.69. The van der Waals surface area contributed by atoms with Crippen molar-refractivity contribution in [2.24, 2.45) is 10.7 Å². The summed E-state index contributed by atoms with van der Waals surface area (Å²) in [4.78, 5) is 3.90. The number of fused-ring (bicyclic) bond motifs is 1. The van der Waals surface area contributed by atoms with E-state index in [-0.39, 0.29) is 11.8 Å². The Labute approximate surface area is 97.9 Å². The molecule has 17 heavy (non-hydrogen) atoms. The maximum atomic E-state index is 13.1. The highest BCUT2D eigenvalue weighted by Gasteiger charge is 2.50. The van der Waals surface area contributed by atoms with Crippen LogP contribution >= 0.6 is 0 Å². The lowest BCUT2D eigenvalue weighted by Gasteiger charge is -2.12. The Bertz CT molecular complexity index is 356. The van der Waals surface area contributed by atoms with Crippen molar-refractivity contribution in [1.82, 2.24) is 0 Å². The van der Waals surface area contributed by atoms with E-state index >= 15 is 0 Å². The molecule has 7 heteroatoms. The first kappa shape index (κ1) is 12.4. The summed E-state index contributed by atoms with van der Waals surface area (Å²) < 4.78 is 28.7. The van der Waals surface area contributed by atoms with Crippen molar-refractivity contribution >= 4 is 6.21 Å². The standard InChI is InChI=1S/C10H15FN2O4/c1-4(12)6(11)3-13-9-8-7(5(2)15-9)16-10(14)17-8/h3,5,7-10,14H,12H2,1-2H3/t5-,7?,8?,9-,10?/m1/s1. The highest BCUT2D eigenvalue weighted by atomic mass is 19.1. The average Bonchev–Trinajstić information content (AvgIpc) is 2.75. The second-order valence-corrected chi connectivity index (χ2v) is 4.05. The number of aliphatic hydroxyl groups is 1. The van der Waals surface area contributed by atoms with Crippen molar-refractivity contribution in [3.05, 3.63) is 11.5 Å². The summed E-state index contributed by atoms with van der Waals surface area (Å²) in [6.45, 7) is 1.93. The number of nitrogens with two attached hydrogens (primary N) is 1. The fraction of sp³-hybridized carbons (Fsp3) is 0.700. The highest BCUT2D eigenvalue weighted by Crippen LogP contribution is 2.33. The zero-order valence-corrected chi connectivity index (χ0v) is 9.54. The normalized spacial score (nSPS) is 42.9. The van der Waals surface area contributed by atoms with Crippen molar-refractivity contribution < 1.29 is 23.7 Å². The molecule has 3 unspecified atom stereocenters. The minimum atomic E-state index is -1.27. The Hall–Kier alpha value is -1.02. The van der Waals surface area contributed by atoms with E-state index in [2.05, 4.69) is 4.99 Å². The molecule has 2 heterocycles. The van der Waals surface area contributed by atoms with Gasteiger partial charge in [0.05, 0.1) is 12.3 Å². The molecule has 3 N–H and O–H groups in total. The molecule has 0 aromatic carbocycles. The Kier molecular flexibility index (Phi) is 3.43. The first-order chi connectivity index (χ1) is 7.99. The van der Waals surface area contributed by atoms with Crippen LogP contribution in [0.5, 0.6) is 0 Å². The Morgan fingerprint density at radius 3 is 2.65 bits per heavy atom. The van der Waals surface area contributed by atoms with E-state index in [1.807, 2.05) is 0 Å². The maximum absolute atomic E-state index is 13.1. The summed E-state index contributed by atoms with van der Waals surface area (Å²) >= 11 is 0. The SMILES string of the molecule is CC(N)=C(F)C=N[C@@H]1O[C@H](C)C2OC(O)OC21. The predicted molar refractivity (Wildman–Crippen MR) is 56.6 cm³/mol. The average molecular weight is 246 g/mol. The van der Waals surface area contributed by atoms with Crippen LogP contribution in [0.4, 0.5) is 4.39 Å². The number of nitrogens with zero attached hydrogens (tertiary/aromatic N) is 1. The fourth-order valence-corrected chi connectivity index (χ4v) is 1.80. The monoisotopic (exact) mass is 246 g/mol. The summed E-state index contributed by atoms with van der Waals surface area (Å²) in [7, 11) is 0. The van der Waals surface area contributed by atoms with Gasteiger partial charge in [-0.1, -0.05) is 0 Å². The Morgan fingerprint density at radius 1 is 1.35 bits per heavy atom. The predicted octanol–water partition coefficient (Wildman–Crippen LogP) is 0.0216. The summed E-state index contributed by atoms with van der Waals surface area (Å²) in [5.74, 6) is -0.621. The van der Waals surface area contributed by atoms with Gasteiger partial charge in [-0.05, 0) is 13.8 Å². The molecule has 2 fully saturated rings. The molecular formula is C10H15FN2O4. The van der Waals surface area contributed by atoms with Gasteiger partial charge in [-0.15, -0.1) is 0 Å². The van der Waals surface area contributed by atoms with Gasteiger partial charge in [0.15, 0.2) is 12.1 Å². The van der Waals surface area contributed by atoms with Gasteiger partial charge in [-0.3, -0.25) is 4.99 Å². The van der Waals surface area contributed by atoms with E-state index in [1.54, 1.807) is 6.92 Å². The van der Waals surface area contributed by atoms with Gasteiger partial charge in [0.2, 0.25) is 0 Å². The zero-order valence-electron chi connectivity index (χ0n) is 9.54. The zero-order chi connectivity index (χ0) is 12.6. The van der Waals surface area contributed by atoms with Crippen molar-refractivity contribution in [3.8, 4) is 0 Å². The molecule has 0 aromatic heterocycles. The molecule has 6 nitrogen and oxygen atoms in total. The molecule has 0 saturated carbocycles. The largest absolute Gasteiger partial charge is 0.400 e. The van der Waals surface area contributed by atoms with Crippen LogP contribution < -0.4 is 5.73 Å². The number of hydrogen-bond donors (Lipinski definition) is 2. The Morgan fingerprint density at radius 2 is 2.00 bits per heavy atom. The number of aliphatic imine (C=N–C) groups is 1. The van der Waals surface area contributed by atoms with Crippen molar-refractivity contribution in [3.63, 3.8) is 0 Å². The third-order valence-corrected chi connectivity index (χ3v) is 2.68. The van der Waals surface area contributed by atoms with Gasteiger partial charge in [0.25, 0.3) is 6.48 Å². The summed E-state index contributed by atoms with van der Waals surface area (Å²) in [6, 6.07) is 0. The summed E-state index contributed by atoms with van der Waals surface area (Å²) in [6.07, 6.45) is -0.897. The fourth-order valence-electron chi connectivity index (χ4n) is 1.80. The molecule has 0 spiro atoms. The van der Waals surface area contributed by atoms with Crippen LogP contribution in [0.25, 0.3) is 0 Å². The number of allylic oxidation sites excluding steroid dienone is 2. The quantitative estimate of drug-likeness (QED) is 0.671. The molecule has 2 aliphatic rings. The molecule has 5 atom stereocenters. The molecule has 2 rings (SSSR count). The van der Waals surface area contributed by atoms with Crippen LogP contribution in [-0.2, 0) is 14.2 Å². The molecule has 2 saturated heterocycles. The van der Waals surface area contributed by atoms with E-state index in [1.165, 1.54) is 6.92 Å². The first-order valence-electron chi connectivity index (χ1n) is 5.28. The molecule has 0 radical (unpaired) electrons. The van der Waals surface area contributed by atoms with Crippen LogP contribution in [-0.4, -0.2) is 42.3 Å². The van der Waals surface area contributed by atoms with Gasteiger partial charge in [-0.25, -0.2) is 4.39 Å². The topological polar surface area (TPSA) is 86.3 Å². The molecule has 0 aromatic rings. The number of aliphatic hydroxyl groups excluding tert-OH is 1. The smallest absolute Gasteiger partial charge is 0.270 e. The van der Waals surface area contributed by atoms with E-state index in [0.29, 0.717) is 0 Å².